The minimum atomic E-state index is 0.917. The SMILES string of the molecule is Cc1nc2ccc(CCC3CCCC3C)cc2nc1C. The molecule has 0 amide bonds. The molecule has 0 bridgehead atoms. The topological polar surface area (TPSA) is 25.8 Å². The highest BCUT2D eigenvalue weighted by Gasteiger charge is 2.22. The summed E-state index contributed by atoms with van der Waals surface area (Å²) in [5.74, 6) is 1.84. The summed E-state index contributed by atoms with van der Waals surface area (Å²) in [7, 11) is 0. The Balaban J connectivity index is 1.77. The van der Waals surface area contributed by atoms with Crippen molar-refractivity contribution in [3.63, 3.8) is 0 Å². The fourth-order valence-electron chi connectivity index (χ4n) is 3.43. The molecule has 2 heteroatoms. The van der Waals surface area contributed by atoms with Crippen molar-refractivity contribution in [2.24, 2.45) is 11.8 Å². The third-order valence-corrected chi connectivity index (χ3v) is 4.98. The van der Waals surface area contributed by atoms with Crippen LogP contribution in [0.25, 0.3) is 11.0 Å². The Kier molecular flexibility index (Phi) is 3.73. The van der Waals surface area contributed by atoms with Crippen LogP contribution in [0, 0.1) is 25.7 Å². The maximum Gasteiger partial charge on any atom is 0.0892 e. The second-order valence-corrected chi connectivity index (χ2v) is 6.42. The Hall–Kier alpha value is -1.44. The molecule has 1 aliphatic carbocycles. The van der Waals surface area contributed by atoms with Crippen LogP contribution < -0.4 is 0 Å². The van der Waals surface area contributed by atoms with E-state index in [1.165, 1.54) is 37.7 Å². The maximum atomic E-state index is 4.67. The van der Waals surface area contributed by atoms with Gasteiger partial charge in [0, 0.05) is 0 Å². The summed E-state index contributed by atoms with van der Waals surface area (Å²) in [5.41, 5.74) is 5.55. The van der Waals surface area contributed by atoms with Gasteiger partial charge in [-0.3, -0.25) is 0 Å². The van der Waals surface area contributed by atoms with Crippen molar-refractivity contribution in [1.82, 2.24) is 9.97 Å². The summed E-state index contributed by atoms with van der Waals surface area (Å²) in [5, 5.41) is 0. The van der Waals surface area contributed by atoms with Crippen LogP contribution in [0.2, 0.25) is 0 Å². The van der Waals surface area contributed by atoms with Crippen LogP contribution in [-0.4, -0.2) is 9.97 Å². The average molecular weight is 268 g/mol. The molecule has 1 saturated carbocycles. The van der Waals surface area contributed by atoms with Gasteiger partial charge in [0.15, 0.2) is 0 Å². The Labute approximate surface area is 121 Å². The summed E-state index contributed by atoms with van der Waals surface area (Å²) in [6.07, 6.45) is 6.77. The van der Waals surface area contributed by atoms with E-state index in [0.717, 1.165) is 34.3 Å². The van der Waals surface area contributed by atoms with Gasteiger partial charge in [-0.05, 0) is 56.2 Å². The monoisotopic (exact) mass is 268 g/mol. The van der Waals surface area contributed by atoms with Crippen molar-refractivity contribution >= 4 is 11.0 Å². The Bertz CT molecular complexity index is 618. The van der Waals surface area contributed by atoms with Gasteiger partial charge < -0.3 is 0 Å². The summed E-state index contributed by atoms with van der Waals surface area (Å²) >= 11 is 0. The van der Waals surface area contributed by atoms with E-state index in [2.05, 4.69) is 35.1 Å². The molecule has 0 spiro atoms. The molecule has 1 heterocycles. The highest BCUT2D eigenvalue weighted by Crippen LogP contribution is 2.34. The zero-order valence-corrected chi connectivity index (χ0v) is 12.8. The molecular formula is C18H24N2. The third kappa shape index (κ3) is 2.70. The molecule has 0 radical (unpaired) electrons. The number of aryl methyl sites for hydroxylation is 3. The molecule has 0 N–H and O–H groups in total. The lowest BCUT2D eigenvalue weighted by Crippen LogP contribution is -2.05. The van der Waals surface area contributed by atoms with Gasteiger partial charge in [0.2, 0.25) is 0 Å². The van der Waals surface area contributed by atoms with Crippen LogP contribution in [-0.2, 0) is 6.42 Å². The van der Waals surface area contributed by atoms with Crippen molar-refractivity contribution in [2.75, 3.05) is 0 Å². The van der Waals surface area contributed by atoms with Crippen molar-refractivity contribution < 1.29 is 0 Å². The minimum absolute atomic E-state index is 0.917. The Morgan fingerprint density at radius 1 is 1.05 bits per heavy atom. The fourth-order valence-corrected chi connectivity index (χ4v) is 3.43. The Morgan fingerprint density at radius 3 is 2.50 bits per heavy atom. The van der Waals surface area contributed by atoms with Gasteiger partial charge in [-0.15, -0.1) is 0 Å². The van der Waals surface area contributed by atoms with Gasteiger partial charge in [-0.25, -0.2) is 9.97 Å². The van der Waals surface area contributed by atoms with E-state index in [1.54, 1.807) is 0 Å². The highest BCUT2D eigenvalue weighted by atomic mass is 14.8. The van der Waals surface area contributed by atoms with Gasteiger partial charge in [-0.1, -0.05) is 32.3 Å². The van der Waals surface area contributed by atoms with Crippen LogP contribution in [0.1, 0.15) is 49.6 Å². The average Bonchev–Trinajstić information content (AvgIpc) is 2.83. The standard InChI is InChI=1S/C18H24N2/c1-12-5-4-6-16(12)9-7-15-8-10-17-18(11-15)20-14(3)13(2)19-17/h8,10-12,16H,4-7,9H2,1-3H3. The summed E-state index contributed by atoms with van der Waals surface area (Å²) in [4.78, 5) is 9.27. The van der Waals surface area contributed by atoms with Gasteiger partial charge >= 0.3 is 0 Å². The predicted molar refractivity (Wildman–Crippen MR) is 83.8 cm³/mol. The fraction of sp³-hybridized carbons (Fsp3) is 0.556. The lowest BCUT2D eigenvalue weighted by molar-refractivity contribution is 0.392. The highest BCUT2D eigenvalue weighted by molar-refractivity contribution is 5.75. The van der Waals surface area contributed by atoms with Crippen LogP contribution in [0.3, 0.4) is 0 Å². The number of benzene rings is 1. The molecule has 0 aliphatic heterocycles. The molecule has 1 aromatic carbocycles. The minimum Gasteiger partial charge on any atom is -0.250 e. The quantitative estimate of drug-likeness (QED) is 0.812. The first-order chi connectivity index (χ1) is 9.63. The molecule has 2 atom stereocenters. The molecule has 2 aromatic rings. The van der Waals surface area contributed by atoms with Crippen molar-refractivity contribution in [1.29, 1.82) is 0 Å². The summed E-state index contributed by atoms with van der Waals surface area (Å²) < 4.78 is 0. The smallest absolute Gasteiger partial charge is 0.0892 e. The zero-order valence-electron chi connectivity index (χ0n) is 12.8. The molecule has 20 heavy (non-hydrogen) atoms. The largest absolute Gasteiger partial charge is 0.250 e. The number of rotatable bonds is 3. The van der Waals surface area contributed by atoms with Gasteiger partial charge in [0.25, 0.3) is 0 Å². The number of fused-ring (bicyclic) bond motifs is 1. The van der Waals surface area contributed by atoms with E-state index in [0.29, 0.717) is 0 Å². The number of aromatic nitrogens is 2. The lowest BCUT2D eigenvalue weighted by atomic mass is 9.91. The van der Waals surface area contributed by atoms with Crippen LogP contribution in [0.4, 0.5) is 0 Å². The second kappa shape index (κ2) is 5.51. The summed E-state index contributed by atoms with van der Waals surface area (Å²) in [6.45, 7) is 6.47. The lowest BCUT2D eigenvalue weighted by Gasteiger charge is -2.15. The predicted octanol–water partition coefficient (Wildman–Crippen LogP) is 4.62. The van der Waals surface area contributed by atoms with Crippen LogP contribution in [0.5, 0.6) is 0 Å². The van der Waals surface area contributed by atoms with Crippen molar-refractivity contribution in [3.05, 3.63) is 35.2 Å². The van der Waals surface area contributed by atoms with E-state index >= 15 is 0 Å². The summed E-state index contributed by atoms with van der Waals surface area (Å²) in [6, 6.07) is 6.59. The first kappa shape index (κ1) is 13.5. The van der Waals surface area contributed by atoms with Crippen LogP contribution in [0.15, 0.2) is 18.2 Å². The molecular weight excluding hydrogens is 244 g/mol. The number of hydrogen-bond acceptors (Lipinski definition) is 2. The van der Waals surface area contributed by atoms with Crippen LogP contribution >= 0.6 is 0 Å². The van der Waals surface area contributed by atoms with E-state index in [-0.39, 0.29) is 0 Å². The molecule has 106 valence electrons. The number of hydrogen-bond donors (Lipinski definition) is 0. The number of nitrogens with zero attached hydrogens (tertiary/aromatic N) is 2. The van der Waals surface area contributed by atoms with Gasteiger partial charge in [0.1, 0.15) is 0 Å². The van der Waals surface area contributed by atoms with Crippen molar-refractivity contribution in [3.8, 4) is 0 Å². The molecule has 0 saturated heterocycles. The van der Waals surface area contributed by atoms with Crippen molar-refractivity contribution in [2.45, 2.75) is 52.9 Å². The molecule has 1 fully saturated rings. The maximum absolute atomic E-state index is 4.67. The molecule has 3 rings (SSSR count). The normalized spacial score (nSPS) is 22.6. The van der Waals surface area contributed by atoms with E-state index in [1.807, 2.05) is 13.8 Å². The van der Waals surface area contributed by atoms with E-state index < -0.39 is 0 Å². The second-order valence-electron chi connectivity index (χ2n) is 6.42. The van der Waals surface area contributed by atoms with E-state index in [4.69, 9.17) is 0 Å². The zero-order chi connectivity index (χ0) is 14.1. The first-order valence-electron chi connectivity index (χ1n) is 7.87. The molecule has 1 aliphatic rings. The Morgan fingerprint density at radius 2 is 1.80 bits per heavy atom. The molecule has 2 unspecified atom stereocenters. The van der Waals surface area contributed by atoms with Gasteiger partial charge in [0.05, 0.1) is 22.4 Å². The first-order valence-corrected chi connectivity index (χ1v) is 7.87. The third-order valence-electron chi connectivity index (χ3n) is 4.98. The molecule has 1 aromatic heterocycles. The van der Waals surface area contributed by atoms with Gasteiger partial charge in [-0.2, -0.15) is 0 Å². The molecule has 2 nitrogen and oxygen atoms in total. The van der Waals surface area contributed by atoms with E-state index in [9.17, 15) is 0 Å².